The van der Waals surface area contributed by atoms with Crippen LogP contribution in [0.3, 0.4) is 0 Å². The number of hydrogen-bond acceptors (Lipinski definition) is 3. The van der Waals surface area contributed by atoms with Gasteiger partial charge in [-0.1, -0.05) is 30.3 Å². The van der Waals surface area contributed by atoms with Crippen LogP contribution in [-0.4, -0.2) is 25.0 Å². The molecule has 1 aliphatic heterocycles. The van der Waals surface area contributed by atoms with Gasteiger partial charge in [-0.05, 0) is 37.8 Å². The molecule has 86 valence electrons. The Kier molecular flexibility index (Phi) is 3.25. The molecule has 16 heavy (non-hydrogen) atoms. The second-order valence-electron chi connectivity index (χ2n) is 4.28. The fraction of sp³-hybridized carbons (Fsp3) is 0.462. The van der Waals surface area contributed by atoms with Gasteiger partial charge in [0.1, 0.15) is 0 Å². The van der Waals surface area contributed by atoms with Crippen LogP contribution in [0.5, 0.6) is 0 Å². The number of hydrogen-bond donors (Lipinski definition) is 1. The molecule has 1 atom stereocenters. The van der Waals surface area contributed by atoms with Crippen molar-refractivity contribution in [1.29, 1.82) is 0 Å². The molecule has 1 unspecified atom stereocenters. The summed E-state index contributed by atoms with van der Waals surface area (Å²) < 4.78 is 0. The van der Waals surface area contributed by atoms with Crippen molar-refractivity contribution in [1.82, 2.24) is 5.32 Å². The first-order valence-corrected chi connectivity index (χ1v) is 5.72. The Balaban J connectivity index is 2.22. The average molecular weight is 217 g/mol. The number of aliphatic imine (C=N–C) groups is 1. The number of likely N-dealkylation sites (N-methyl/N-ethyl adjacent to an activating group) is 1. The molecular formula is C13H17N2O-. The molecule has 3 nitrogen and oxygen atoms in total. The van der Waals surface area contributed by atoms with Crippen LogP contribution in [0.2, 0.25) is 0 Å². The summed E-state index contributed by atoms with van der Waals surface area (Å²) in [6, 6.07) is 10.1. The van der Waals surface area contributed by atoms with E-state index < -0.39 is 5.54 Å². The summed E-state index contributed by atoms with van der Waals surface area (Å²) in [6.07, 6.45) is 2.59. The molecule has 0 amide bonds. The van der Waals surface area contributed by atoms with Crippen LogP contribution < -0.4 is 10.4 Å². The molecule has 1 aromatic rings. The topological polar surface area (TPSA) is 47.5 Å². The van der Waals surface area contributed by atoms with Gasteiger partial charge in [-0.3, -0.25) is 0 Å². The first-order valence-electron chi connectivity index (χ1n) is 5.72. The summed E-state index contributed by atoms with van der Waals surface area (Å²) in [5, 5.41) is 15.1. The van der Waals surface area contributed by atoms with Gasteiger partial charge in [0, 0.05) is 6.54 Å². The van der Waals surface area contributed by atoms with Crippen molar-refractivity contribution >= 4 is 5.90 Å². The van der Waals surface area contributed by atoms with E-state index in [-0.39, 0.29) is 5.90 Å². The maximum atomic E-state index is 11.9. The third kappa shape index (κ3) is 2.09. The third-order valence-corrected chi connectivity index (χ3v) is 3.25. The molecule has 0 aliphatic carbocycles. The molecule has 0 saturated heterocycles. The summed E-state index contributed by atoms with van der Waals surface area (Å²) >= 11 is 0. The Bertz CT molecular complexity index is 375. The summed E-state index contributed by atoms with van der Waals surface area (Å²) in [4.78, 5) is 4.05. The Labute approximate surface area is 96.2 Å². The molecule has 0 radical (unpaired) electrons. The van der Waals surface area contributed by atoms with Crippen LogP contribution in [0.4, 0.5) is 0 Å². The number of benzene rings is 1. The monoisotopic (exact) mass is 217 g/mol. The maximum absolute atomic E-state index is 11.9. The van der Waals surface area contributed by atoms with E-state index >= 15 is 0 Å². The van der Waals surface area contributed by atoms with Crippen LogP contribution in [0.1, 0.15) is 18.4 Å². The van der Waals surface area contributed by atoms with E-state index in [2.05, 4.69) is 22.4 Å². The lowest BCUT2D eigenvalue weighted by Gasteiger charge is -2.41. The summed E-state index contributed by atoms with van der Waals surface area (Å²) in [5.41, 5.74) is 0.710. The van der Waals surface area contributed by atoms with Gasteiger partial charge in [-0.25, -0.2) is 0 Å². The van der Waals surface area contributed by atoms with Crippen molar-refractivity contribution in [3.8, 4) is 0 Å². The van der Waals surface area contributed by atoms with E-state index in [1.165, 1.54) is 5.56 Å². The van der Waals surface area contributed by atoms with E-state index in [1.54, 1.807) is 0 Å². The van der Waals surface area contributed by atoms with E-state index in [0.717, 1.165) is 19.3 Å². The highest BCUT2D eigenvalue weighted by Crippen LogP contribution is 2.22. The molecule has 0 bridgehead atoms. The SMILES string of the molecule is CNC1(Cc2ccccc2)CCCN=C1[O-]. The van der Waals surface area contributed by atoms with Crippen LogP contribution in [0.15, 0.2) is 35.3 Å². The predicted octanol–water partition coefficient (Wildman–Crippen LogP) is 0.740. The van der Waals surface area contributed by atoms with Crippen molar-refractivity contribution in [2.75, 3.05) is 13.6 Å². The normalized spacial score (nSPS) is 25.2. The second kappa shape index (κ2) is 4.66. The third-order valence-electron chi connectivity index (χ3n) is 3.25. The Morgan fingerprint density at radius 2 is 2.12 bits per heavy atom. The largest absolute Gasteiger partial charge is 0.861 e. The first-order chi connectivity index (χ1) is 7.77. The second-order valence-corrected chi connectivity index (χ2v) is 4.28. The zero-order valence-corrected chi connectivity index (χ0v) is 9.57. The summed E-state index contributed by atoms with van der Waals surface area (Å²) in [5.74, 6) is 0.00473. The minimum atomic E-state index is -0.473. The lowest BCUT2D eigenvalue weighted by atomic mass is 9.84. The standard InChI is InChI=1S/C13H18N2O/c1-14-13(8-5-9-15-12(13)16)10-11-6-3-2-4-7-11/h2-4,6-7,14H,5,8-10H2,1H3,(H,15,16)/p-1. The Morgan fingerprint density at radius 1 is 1.38 bits per heavy atom. The van der Waals surface area contributed by atoms with Gasteiger partial charge in [0.05, 0.1) is 5.54 Å². The van der Waals surface area contributed by atoms with E-state index in [0.29, 0.717) is 6.54 Å². The summed E-state index contributed by atoms with van der Waals surface area (Å²) in [6.45, 7) is 0.678. The average Bonchev–Trinajstić information content (AvgIpc) is 2.34. The van der Waals surface area contributed by atoms with E-state index in [9.17, 15) is 5.11 Å². The molecule has 2 rings (SSSR count). The minimum Gasteiger partial charge on any atom is -0.861 e. The molecule has 1 heterocycles. The zero-order chi connectivity index (χ0) is 11.4. The lowest BCUT2D eigenvalue weighted by molar-refractivity contribution is -0.228. The van der Waals surface area contributed by atoms with Gasteiger partial charge >= 0.3 is 0 Å². The van der Waals surface area contributed by atoms with Gasteiger partial charge in [-0.2, -0.15) is 0 Å². The van der Waals surface area contributed by atoms with Gasteiger partial charge < -0.3 is 15.4 Å². The zero-order valence-electron chi connectivity index (χ0n) is 9.57. The van der Waals surface area contributed by atoms with Crippen LogP contribution in [0.25, 0.3) is 0 Å². The summed E-state index contributed by atoms with van der Waals surface area (Å²) in [7, 11) is 1.85. The van der Waals surface area contributed by atoms with Crippen molar-refractivity contribution in [3.05, 3.63) is 35.9 Å². The lowest BCUT2D eigenvalue weighted by Crippen LogP contribution is -2.58. The van der Waals surface area contributed by atoms with Crippen LogP contribution in [0, 0.1) is 0 Å². The Morgan fingerprint density at radius 3 is 2.75 bits per heavy atom. The molecule has 3 heteroatoms. The van der Waals surface area contributed by atoms with Gasteiger partial charge in [0.2, 0.25) is 0 Å². The van der Waals surface area contributed by atoms with Gasteiger partial charge in [-0.15, -0.1) is 0 Å². The van der Waals surface area contributed by atoms with Crippen molar-refractivity contribution in [3.63, 3.8) is 0 Å². The fourth-order valence-electron chi connectivity index (χ4n) is 2.25. The highest BCUT2D eigenvalue weighted by molar-refractivity contribution is 5.83. The maximum Gasteiger partial charge on any atom is 0.0501 e. The highest BCUT2D eigenvalue weighted by atomic mass is 16.3. The van der Waals surface area contributed by atoms with E-state index in [1.807, 2.05) is 25.2 Å². The van der Waals surface area contributed by atoms with Gasteiger partial charge in [0.15, 0.2) is 0 Å². The smallest absolute Gasteiger partial charge is 0.0501 e. The highest BCUT2D eigenvalue weighted by Gasteiger charge is 2.30. The minimum absolute atomic E-state index is 0.00473. The Hall–Kier alpha value is -1.35. The number of nitrogens with zero attached hydrogens (tertiary/aromatic N) is 1. The molecule has 0 fully saturated rings. The molecule has 1 N–H and O–H groups in total. The van der Waals surface area contributed by atoms with Crippen molar-refractivity contribution < 1.29 is 5.11 Å². The molecular weight excluding hydrogens is 200 g/mol. The molecule has 0 saturated carbocycles. The van der Waals surface area contributed by atoms with Crippen LogP contribution in [-0.2, 0) is 6.42 Å². The molecule has 1 aliphatic rings. The van der Waals surface area contributed by atoms with Crippen molar-refractivity contribution in [2.24, 2.45) is 4.99 Å². The van der Waals surface area contributed by atoms with Crippen LogP contribution >= 0.6 is 0 Å². The molecule has 1 aromatic carbocycles. The molecule has 0 aromatic heterocycles. The first kappa shape index (κ1) is 11.1. The predicted molar refractivity (Wildman–Crippen MR) is 63.5 cm³/mol. The van der Waals surface area contributed by atoms with Crippen molar-refractivity contribution in [2.45, 2.75) is 24.8 Å². The van der Waals surface area contributed by atoms with Gasteiger partial charge in [0.25, 0.3) is 0 Å². The number of nitrogens with one attached hydrogen (secondary N) is 1. The molecule has 0 spiro atoms. The fourth-order valence-corrected chi connectivity index (χ4v) is 2.25. The number of rotatable bonds is 3. The quantitative estimate of drug-likeness (QED) is 0.811. The van der Waals surface area contributed by atoms with E-state index in [4.69, 9.17) is 0 Å².